The summed E-state index contributed by atoms with van der Waals surface area (Å²) in [6.45, 7) is 2.25. The lowest BCUT2D eigenvalue weighted by Crippen LogP contribution is -2.36. The van der Waals surface area contributed by atoms with Crippen LogP contribution in [0.5, 0.6) is 0 Å². The molecular formula is C14H19NO3. The summed E-state index contributed by atoms with van der Waals surface area (Å²) in [7, 11) is 0. The predicted octanol–water partition coefficient (Wildman–Crippen LogP) is 2.67. The van der Waals surface area contributed by atoms with Gasteiger partial charge in [0.05, 0.1) is 6.04 Å². The van der Waals surface area contributed by atoms with E-state index in [1.807, 2.05) is 37.3 Å². The van der Waals surface area contributed by atoms with Gasteiger partial charge in [0, 0.05) is 0 Å². The van der Waals surface area contributed by atoms with Crippen molar-refractivity contribution >= 4 is 12.4 Å². The van der Waals surface area contributed by atoms with Crippen LogP contribution in [0.1, 0.15) is 31.7 Å². The van der Waals surface area contributed by atoms with Crippen molar-refractivity contribution < 1.29 is 14.3 Å². The fourth-order valence-corrected chi connectivity index (χ4v) is 1.51. The minimum Gasteiger partial charge on any atom is -0.445 e. The monoisotopic (exact) mass is 249 g/mol. The van der Waals surface area contributed by atoms with Gasteiger partial charge in [-0.2, -0.15) is 0 Å². The molecule has 1 aromatic carbocycles. The molecule has 0 fully saturated rings. The Labute approximate surface area is 107 Å². The van der Waals surface area contributed by atoms with Gasteiger partial charge in [-0.05, 0) is 12.0 Å². The zero-order valence-corrected chi connectivity index (χ0v) is 10.6. The second-order valence-corrected chi connectivity index (χ2v) is 4.09. The number of ether oxygens (including phenoxy) is 1. The van der Waals surface area contributed by atoms with E-state index in [4.69, 9.17) is 4.74 Å². The first-order valence-corrected chi connectivity index (χ1v) is 6.18. The highest BCUT2D eigenvalue weighted by molar-refractivity contribution is 5.73. The average molecular weight is 249 g/mol. The Balaban J connectivity index is 2.30. The third-order valence-electron chi connectivity index (χ3n) is 2.55. The van der Waals surface area contributed by atoms with E-state index >= 15 is 0 Å². The third-order valence-corrected chi connectivity index (χ3v) is 2.55. The average Bonchev–Trinajstić information content (AvgIpc) is 2.42. The van der Waals surface area contributed by atoms with Crippen molar-refractivity contribution in [3.05, 3.63) is 35.9 Å². The van der Waals surface area contributed by atoms with Gasteiger partial charge in [-0.1, -0.05) is 50.1 Å². The zero-order chi connectivity index (χ0) is 13.2. The standard InChI is InChI=1S/C14H19NO3/c1-2-3-9-13(10-16)15-14(17)18-11-12-7-5-4-6-8-12/h4-8,10,13H,2-3,9,11H2,1H3,(H,15,17). The van der Waals surface area contributed by atoms with Gasteiger partial charge in [-0.3, -0.25) is 0 Å². The topological polar surface area (TPSA) is 55.4 Å². The molecule has 0 saturated carbocycles. The number of nitrogens with one attached hydrogen (secondary N) is 1. The number of hydrogen-bond acceptors (Lipinski definition) is 3. The molecule has 0 radical (unpaired) electrons. The van der Waals surface area contributed by atoms with Crippen molar-refractivity contribution in [2.24, 2.45) is 0 Å². The first-order valence-electron chi connectivity index (χ1n) is 6.18. The zero-order valence-electron chi connectivity index (χ0n) is 10.6. The lowest BCUT2D eigenvalue weighted by atomic mass is 10.1. The molecule has 1 amide bonds. The number of carbonyl (C=O) groups excluding carboxylic acids is 2. The minimum absolute atomic E-state index is 0.214. The summed E-state index contributed by atoms with van der Waals surface area (Å²) in [6.07, 6.45) is 2.75. The van der Waals surface area contributed by atoms with Gasteiger partial charge < -0.3 is 14.8 Å². The van der Waals surface area contributed by atoms with Crippen molar-refractivity contribution in [2.45, 2.75) is 38.8 Å². The van der Waals surface area contributed by atoms with Crippen LogP contribution in [0.3, 0.4) is 0 Å². The number of hydrogen-bond donors (Lipinski definition) is 1. The van der Waals surface area contributed by atoms with E-state index in [0.717, 1.165) is 24.7 Å². The molecule has 0 spiro atoms. The first kappa shape index (κ1) is 14.2. The minimum atomic E-state index is -0.549. The van der Waals surface area contributed by atoms with Crippen LogP contribution in [-0.2, 0) is 16.1 Å². The molecule has 1 unspecified atom stereocenters. The Hall–Kier alpha value is -1.84. The van der Waals surface area contributed by atoms with Crippen LogP contribution in [0, 0.1) is 0 Å². The molecule has 0 aliphatic rings. The molecule has 1 aromatic rings. The fraction of sp³-hybridized carbons (Fsp3) is 0.429. The largest absolute Gasteiger partial charge is 0.445 e. The van der Waals surface area contributed by atoms with E-state index in [9.17, 15) is 9.59 Å². The van der Waals surface area contributed by atoms with Gasteiger partial charge in [-0.15, -0.1) is 0 Å². The number of aldehydes is 1. The summed E-state index contributed by atoms with van der Waals surface area (Å²) in [5, 5.41) is 2.54. The maximum absolute atomic E-state index is 11.5. The third kappa shape index (κ3) is 5.48. The lowest BCUT2D eigenvalue weighted by molar-refractivity contribution is -0.109. The predicted molar refractivity (Wildman–Crippen MR) is 69.1 cm³/mol. The second-order valence-electron chi connectivity index (χ2n) is 4.09. The van der Waals surface area contributed by atoms with Crippen molar-refractivity contribution in [2.75, 3.05) is 0 Å². The number of amides is 1. The van der Waals surface area contributed by atoms with Crippen LogP contribution >= 0.6 is 0 Å². The molecule has 4 nitrogen and oxygen atoms in total. The Bertz CT molecular complexity index is 365. The van der Waals surface area contributed by atoms with Crippen LogP contribution in [0.25, 0.3) is 0 Å². The Morgan fingerprint density at radius 3 is 2.72 bits per heavy atom. The molecule has 0 bridgehead atoms. The second kappa shape index (κ2) is 8.28. The molecule has 0 heterocycles. The Morgan fingerprint density at radius 1 is 1.39 bits per heavy atom. The number of benzene rings is 1. The quantitative estimate of drug-likeness (QED) is 0.756. The smallest absolute Gasteiger partial charge is 0.408 e. The Morgan fingerprint density at radius 2 is 2.11 bits per heavy atom. The highest BCUT2D eigenvalue weighted by Gasteiger charge is 2.11. The highest BCUT2D eigenvalue weighted by Crippen LogP contribution is 2.02. The molecule has 0 aromatic heterocycles. The fourth-order valence-electron chi connectivity index (χ4n) is 1.51. The van der Waals surface area contributed by atoms with Gasteiger partial charge in [0.1, 0.15) is 12.9 Å². The van der Waals surface area contributed by atoms with Crippen LogP contribution in [0.15, 0.2) is 30.3 Å². The Kier molecular flexibility index (Phi) is 6.54. The van der Waals surface area contributed by atoms with Crippen LogP contribution in [-0.4, -0.2) is 18.4 Å². The van der Waals surface area contributed by atoms with Crippen molar-refractivity contribution in [3.63, 3.8) is 0 Å². The van der Waals surface area contributed by atoms with Crippen molar-refractivity contribution in [3.8, 4) is 0 Å². The van der Waals surface area contributed by atoms with Gasteiger partial charge >= 0.3 is 6.09 Å². The van der Waals surface area contributed by atoms with E-state index in [0.29, 0.717) is 6.42 Å². The van der Waals surface area contributed by atoms with E-state index in [1.165, 1.54) is 0 Å². The van der Waals surface area contributed by atoms with Gasteiger partial charge in [0.15, 0.2) is 0 Å². The molecule has 18 heavy (non-hydrogen) atoms. The summed E-state index contributed by atoms with van der Waals surface area (Å²) in [5.74, 6) is 0. The summed E-state index contributed by atoms with van der Waals surface area (Å²) >= 11 is 0. The molecule has 1 atom stereocenters. The van der Waals surface area contributed by atoms with Crippen molar-refractivity contribution in [1.82, 2.24) is 5.32 Å². The number of alkyl carbamates (subject to hydrolysis) is 1. The van der Waals surface area contributed by atoms with Gasteiger partial charge in [0.2, 0.25) is 0 Å². The number of rotatable bonds is 7. The van der Waals surface area contributed by atoms with Crippen LogP contribution < -0.4 is 5.32 Å². The van der Waals surface area contributed by atoms with E-state index in [-0.39, 0.29) is 6.61 Å². The van der Waals surface area contributed by atoms with E-state index in [2.05, 4.69) is 5.32 Å². The van der Waals surface area contributed by atoms with Crippen LogP contribution in [0.2, 0.25) is 0 Å². The lowest BCUT2D eigenvalue weighted by Gasteiger charge is -2.12. The number of unbranched alkanes of at least 4 members (excludes halogenated alkanes) is 1. The molecule has 98 valence electrons. The summed E-state index contributed by atoms with van der Waals surface area (Å²) in [4.78, 5) is 22.2. The molecular weight excluding hydrogens is 230 g/mol. The molecule has 4 heteroatoms. The normalized spacial score (nSPS) is 11.6. The molecule has 0 aliphatic carbocycles. The van der Waals surface area contributed by atoms with Crippen molar-refractivity contribution in [1.29, 1.82) is 0 Å². The maximum Gasteiger partial charge on any atom is 0.408 e. The first-order chi connectivity index (χ1) is 8.76. The maximum atomic E-state index is 11.5. The molecule has 0 saturated heterocycles. The molecule has 1 N–H and O–H groups in total. The molecule has 1 rings (SSSR count). The van der Waals surface area contributed by atoms with Gasteiger partial charge in [0.25, 0.3) is 0 Å². The molecule has 0 aliphatic heterocycles. The summed E-state index contributed by atoms with van der Waals surface area (Å²) in [5.41, 5.74) is 0.920. The SMILES string of the molecule is CCCCC(C=O)NC(=O)OCc1ccccc1. The number of carbonyl (C=O) groups is 2. The highest BCUT2D eigenvalue weighted by atomic mass is 16.5. The summed E-state index contributed by atoms with van der Waals surface area (Å²) in [6, 6.07) is 8.96. The summed E-state index contributed by atoms with van der Waals surface area (Å²) < 4.78 is 5.03. The van der Waals surface area contributed by atoms with Gasteiger partial charge in [-0.25, -0.2) is 4.79 Å². The van der Waals surface area contributed by atoms with E-state index < -0.39 is 12.1 Å². The van der Waals surface area contributed by atoms with E-state index in [1.54, 1.807) is 0 Å². The van der Waals surface area contributed by atoms with Crippen LogP contribution in [0.4, 0.5) is 4.79 Å².